The maximum Gasteiger partial charge on any atom is 0.324 e. The summed E-state index contributed by atoms with van der Waals surface area (Å²) in [5, 5.41) is 16.4. The first kappa shape index (κ1) is 20.9. The Morgan fingerprint density at radius 3 is 2.55 bits per heavy atom. The van der Waals surface area contributed by atoms with Gasteiger partial charge < -0.3 is 9.73 Å². The minimum atomic E-state index is -0.400. The smallest absolute Gasteiger partial charge is 0.324 e. The highest BCUT2D eigenvalue weighted by atomic mass is 32.2. The maximum absolute atomic E-state index is 13.0. The lowest BCUT2D eigenvalue weighted by Gasteiger charge is -2.10. The molecule has 1 aliphatic heterocycles. The van der Waals surface area contributed by atoms with E-state index in [-0.39, 0.29) is 28.3 Å². The van der Waals surface area contributed by atoms with Crippen molar-refractivity contribution >= 4 is 34.5 Å². The summed E-state index contributed by atoms with van der Waals surface area (Å²) < 4.78 is 7.13. The fraction of sp³-hybridized carbons (Fsp3) is 0.182. The SMILES string of the molecule is O=C(CSc1nnc(-c2nn(Cc3ccccc3)c(=O)c3ccccc23)o1)N1CCNC1=O. The van der Waals surface area contributed by atoms with Crippen LogP contribution in [0.15, 0.2) is 69.0 Å². The van der Waals surface area contributed by atoms with Crippen molar-refractivity contribution in [2.75, 3.05) is 18.8 Å². The van der Waals surface area contributed by atoms with Crippen LogP contribution in [0.3, 0.4) is 0 Å². The van der Waals surface area contributed by atoms with E-state index in [1.807, 2.05) is 30.3 Å². The summed E-state index contributed by atoms with van der Waals surface area (Å²) in [5.41, 5.74) is 1.09. The molecule has 33 heavy (non-hydrogen) atoms. The van der Waals surface area contributed by atoms with Gasteiger partial charge in [-0.1, -0.05) is 60.3 Å². The fourth-order valence-electron chi connectivity index (χ4n) is 3.53. The summed E-state index contributed by atoms with van der Waals surface area (Å²) in [5.74, 6) is -0.215. The Morgan fingerprint density at radius 1 is 1.03 bits per heavy atom. The molecule has 3 amide bonds. The molecule has 10 nitrogen and oxygen atoms in total. The molecule has 3 heterocycles. The summed E-state index contributed by atoms with van der Waals surface area (Å²) in [6, 6.07) is 16.2. The van der Waals surface area contributed by atoms with Crippen molar-refractivity contribution in [3.63, 3.8) is 0 Å². The van der Waals surface area contributed by atoms with Crippen LogP contribution in [0.5, 0.6) is 0 Å². The Balaban J connectivity index is 1.44. The van der Waals surface area contributed by atoms with Crippen molar-refractivity contribution in [1.29, 1.82) is 0 Å². The third-order valence-corrected chi connectivity index (χ3v) is 5.93. The van der Waals surface area contributed by atoms with Crippen LogP contribution in [0.1, 0.15) is 5.56 Å². The highest BCUT2D eigenvalue weighted by molar-refractivity contribution is 7.99. The van der Waals surface area contributed by atoms with Gasteiger partial charge in [-0.25, -0.2) is 9.48 Å². The number of carbonyl (C=O) groups is 2. The van der Waals surface area contributed by atoms with Gasteiger partial charge in [0, 0.05) is 18.5 Å². The number of urea groups is 1. The number of imide groups is 1. The summed E-state index contributed by atoms with van der Waals surface area (Å²) in [4.78, 5) is 38.0. The van der Waals surface area contributed by atoms with Crippen molar-refractivity contribution in [2.24, 2.45) is 0 Å². The molecule has 166 valence electrons. The molecular weight excluding hydrogens is 444 g/mol. The number of aromatic nitrogens is 4. The maximum atomic E-state index is 13.0. The van der Waals surface area contributed by atoms with E-state index in [2.05, 4.69) is 20.6 Å². The molecule has 0 aliphatic carbocycles. The number of nitrogens with one attached hydrogen (secondary N) is 1. The van der Waals surface area contributed by atoms with E-state index in [1.54, 1.807) is 24.3 Å². The first-order valence-electron chi connectivity index (χ1n) is 10.2. The van der Waals surface area contributed by atoms with Gasteiger partial charge in [0.2, 0.25) is 5.91 Å². The van der Waals surface area contributed by atoms with Gasteiger partial charge in [-0.2, -0.15) is 5.10 Å². The van der Waals surface area contributed by atoms with Gasteiger partial charge in [-0.3, -0.25) is 14.5 Å². The molecule has 4 aromatic rings. The van der Waals surface area contributed by atoms with Crippen LogP contribution in [0.4, 0.5) is 4.79 Å². The third kappa shape index (κ3) is 4.22. The minimum Gasteiger partial charge on any atom is -0.409 e. The highest BCUT2D eigenvalue weighted by Gasteiger charge is 2.26. The van der Waals surface area contributed by atoms with E-state index in [4.69, 9.17) is 4.42 Å². The second kappa shape index (κ2) is 8.87. The Hall–Kier alpha value is -3.99. The monoisotopic (exact) mass is 462 g/mol. The van der Waals surface area contributed by atoms with Gasteiger partial charge in [0.25, 0.3) is 16.7 Å². The molecule has 11 heteroatoms. The lowest BCUT2D eigenvalue weighted by atomic mass is 10.1. The van der Waals surface area contributed by atoms with E-state index in [9.17, 15) is 14.4 Å². The number of amides is 3. The number of nitrogens with zero attached hydrogens (tertiary/aromatic N) is 5. The topological polar surface area (TPSA) is 123 Å². The molecule has 2 aromatic carbocycles. The van der Waals surface area contributed by atoms with Crippen LogP contribution >= 0.6 is 11.8 Å². The Labute approximate surface area is 191 Å². The van der Waals surface area contributed by atoms with Gasteiger partial charge in [0.15, 0.2) is 5.69 Å². The van der Waals surface area contributed by atoms with Crippen molar-refractivity contribution in [2.45, 2.75) is 11.8 Å². The summed E-state index contributed by atoms with van der Waals surface area (Å²) in [6.07, 6.45) is 0. The number of rotatable bonds is 6. The van der Waals surface area contributed by atoms with Gasteiger partial charge in [-0.15, -0.1) is 10.2 Å². The fourth-order valence-corrected chi connectivity index (χ4v) is 4.17. The van der Waals surface area contributed by atoms with Gasteiger partial charge >= 0.3 is 6.03 Å². The molecule has 2 aromatic heterocycles. The molecule has 1 fully saturated rings. The predicted octanol–water partition coefficient (Wildman–Crippen LogP) is 2.14. The van der Waals surface area contributed by atoms with Crippen LogP contribution in [-0.2, 0) is 11.3 Å². The van der Waals surface area contributed by atoms with Crippen molar-refractivity contribution in [3.8, 4) is 11.6 Å². The first-order chi connectivity index (χ1) is 16.1. The van der Waals surface area contributed by atoms with E-state index in [1.165, 1.54) is 4.68 Å². The third-order valence-electron chi connectivity index (χ3n) is 5.13. The molecule has 0 radical (unpaired) electrons. The van der Waals surface area contributed by atoms with Gasteiger partial charge in [0.1, 0.15) is 0 Å². The number of fused-ring (bicyclic) bond motifs is 1. The Kier molecular flexibility index (Phi) is 5.61. The Bertz CT molecular complexity index is 1400. The second-order valence-corrected chi connectivity index (χ2v) is 8.21. The molecular formula is C22H18N6O4S. The number of carbonyl (C=O) groups excluding carboxylic acids is 2. The lowest BCUT2D eigenvalue weighted by molar-refractivity contribution is -0.124. The Morgan fingerprint density at radius 2 is 1.79 bits per heavy atom. The molecule has 5 rings (SSSR count). The van der Waals surface area contributed by atoms with Crippen LogP contribution in [0.25, 0.3) is 22.4 Å². The van der Waals surface area contributed by atoms with Crippen LogP contribution in [0, 0.1) is 0 Å². The molecule has 1 aliphatic rings. The number of benzene rings is 2. The van der Waals surface area contributed by atoms with Crippen LogP contribution in [-0.4, -0.2) is 55.7 Å². The molecule has 0 bridgehead atoms. The lowest BCUT2D eigenvalue weighted by Crippen LogP contribution is -2.35. The second-order valence-electron chi connectivity index (χ2n) is 7.28. The average Bonchev–Trinajstić information content (AvgIpc) is 3.49. The highest BCUT2D eigenvalue weighted by Crippen LogP contribution is 2.27. The number of thioether (sulfide) groups is 1. The predicted molar refractivity (Wildman–Crippen MR) is 121 cm³/mol. The minimum absolute atomic E-state index is 0.0171. The van der Waals surface area contributed by atoms with Crippen LogP contribution in [0.2, 0.25) is 0 Å². The largest absolute Gasteiger partial charge is 0.409 e. The van der Waals surface area contributed by atoms with Gasteiger partial charge in [0.05, 0.1) is 17.7 Å². The number of hydrogen-bond acceptors (Lipinski definition) is 8. The van der Waals surface area contributed by atoms with E-state index >= 15 is 0 Å². The first-order valence-corrected chi connectivity index (χ1v) is 11.2. The molecule has 0 spiro atoms. The van der Waals surface area contributed by atoms with Crippen molar-refractivity contribution in [3.05, 3.63) is 70.5 Å². The zero-order chi connectivity index (χ0) is 22.8. The molecule has 1 saturated heterocycles. The van der Waals surface area contributed by atoms with Gasteiger partial charge in [-0.05, 0) is 11.6 Å². The quantitative estimate of drug-likeness (QED) is 0.432. The molecule has 0 unspecified atom stereocenters. The zero-order valence-corrected chi connectivity index (χ0v) is 18.1. The van der Waals surface area contributed by atoms with Crippen molar-refractivity contribution < 1.29 is 14.0 Å². The molecule has 0 atom stereocenters. The average molecular weight is 462 g/mol. The summed E-state index contributed by atoms with van der Waals surface area (Å²) in [6.45, 7) is 1.07. The van der Waals surface area contributed by atoms with E-state index < -0.39 is 6.03 Å². The van der Waals surface area contributed by atoms with E-state index in [0.29, 0.717) is 36.1 Å². The molecule has 1 N–H and O–H groups in total. The zero-order valence-electron chi connectivity index (χ0n) is 17.3. The normalized spacial score (nSPS) is 13.5. The van der Waals surface area contributed by atoms with Crippen LogP contribution < -0.4 is 10.9 Å². The number of hydrogen-bond donors (Lipinski definition) is 1. The molecule has 0 saturated carbocycles. The van der Waals surface area contributed by atoms with Crippen molar-refractivity contribution in [1.82, 2.24) is 30.2 Å². The van der Waals surface area contributed by atoms with E-state index in [0.717, 1.165) is 22.2 Å². The standard InChI is InChI=1S/C22H18N6O4S/c29-17(27-11-10-23-21(27)31)13-33-22-25-24-19(32-22)18-15-8-4-5-9-16(15)20(30)28(26-18)12-14-6-2-1-3-7-14/h1-9H,10-13H2,(H,23,31). The summed E-state index contributed by atoms with van der Waals surface area (Å²) in [7, 11) is 0. The summed E-state index contributed by atoms with van der Waals surface area (Å²) >= 11 is 1.04.